The largest absolute Gasteiger partial charge is 0.493 e. The number of ether oxygens (including phenoxy) is 2. The van der Waals surface area contributed by atoms with Crippen LogP contribution in [0.1, 0.15) is 50.8 Å². The first-order valence-electron chi connectivity index (χ1n) is 15.8. The summed E-state index contributed by atoms with van der Waals surface area (Å²) in [5.74, 6) is -0.359. The van der Waals surface area contributed by atoms with Crippen molar-refractivity contribution in [3.05, 3.63) is 119 Å². The Kier molecular flexibility index (Phi) is 10.9. The van der Waals surface area contributed by atoms with Crippen molar-refractivity contribution in [2.75, 3.05) is 33.4 Å². The van der Waals surface area contributed by atoms with Gasteiger partial charge in [-0.05, 0) is 71.8 Å². The minimum atomic E-state index is -1.00. The van der Waals surface area contributed by atoms with Gasteiger partial charge in [-0.1, -0.05) is 66.7 Å². The Balaban J connectivity index is 1.45. The SMILES string of the molecule is CCOc1cc(CCN(CCC(=O)O)C(=O)c2ccccc2-c2ccccc2C(=O)N2Cc3ccccc3C[C@H]2CO)ccc1OC. The van der Waals surface area contributed by atoms with Gasteiger partial charge in [0.15, 0.2) is 11.5 Å². The number of nitrogens with zero attached hydrogens (tertiary/aromatic N) is 2. The minimum absolute atomic E-state index is 0.0168. The van der Waals surface area contributed by atoms with E-state index in [0.717, 1.165) is 16.7 Å². The maximum atomic E-state index is 14.2. The standard InChI is InChI=1S/C38H40N2O7/c1-3-47-35-22-26(16-17-34(35)46-2)18-20-39(21-19-36(42)43)37(44)32-14-8-6-12-30(32)31-13-7-9-15-33(31)38(45)40-24-28-11-5-4-10-27(28)23-29(40)25-41/h4-17,22,29,41H,3,18-21,23-25H2,1-2H3,(H,42,43)/t29-/m0/s1. The number of carboxylic acids is 1. The van der Waals surface area contributed by atoms with Gasteiger partial charge in [-0.25, -0.2) is 0 Å². The number of carbonyl (C=O) groups excluding carboxylic acids is 2. The molecule has 9 nitrogen and oxygen atoms in total. The number of carbonyl (C=O) groups is 3. The maximum absolute atomic E-state index is 14.2. The maximum Gasteiger partial charge on any atom is 0.305 e. The lowest BCUT2D eigenvalue weighted by Crippen LogP contribution is -2.46. The molecule has 1 aliphatic rings. The Hall–Kier alpha value is -5.15. The highest BCUT2D eigenvalue weighted by atomic mass is 16.5. The van der Waals surface area contributed by atoms with Crippen LogP contribution < -0.4 is 9.47 Å². The fourth-order valence-electron chi connectivity index (χ4n) is 6.08. The Morgan fingerprint density at radius 1 is 0.851 bits per heavy atom. The summed E-state index contributed by atoms with van der Waals surface area (Å²) in [6, 6.07) is 27.4. The molecule has 0 radical (unpaired) electrons. The van der Waals surface area contributed by atoms with E-state index in [1.807, 2.05) is 73.7 Å². The number of aliphatic hydroxyl groups is 1. The van der Waals surface area contributed by atoms with Crippen molar-refractivity contribution >= 4 is 17.8 Å². The van der Waals surface area contributed by atoms with E-state index in [2.05, 4.69) is 0 Å². The zero-order valence-electron chi connectivity index (χ0n) is 26.7. The second-order valence-corrected chi connectivity index (χ2v) is 11.4. The Labute approximate surface area is 275 Å². The number of benzene rings is 4. The number of methoxy groups -OCH3 is 1. The molecule has 0 fully saturated rings. The summed E-state index contributed by atoms with van der Waals surface area (Å²) in [7, 11) is 1.57. The summed E-state index contributed by atoms with van der Waals surface area (Å²) >= 11 is 0. The molecule has 0 spiro atoms. The quantitative estimate of drug-likeness (QED) is 0.200. The average Bonchev–Trinajstić information content (AvgIpc) is 3.10. The molecule has 1 atom stereocenters. The van der Waals surface area contributed by atoms with E-state index in [0.29, 0.717) is 59.7 Å². The molecule has 2 amide bonds. The lowest BCUT2D eigenvalue weighted by molar-refractivity contribution is -0.137. The zero-order valence-corrected chi connectivity index (χ0v) is 26.7. The van der Waals surface area contributed by atoms with Gasteiger partial charge in [0.1, 0.15) is 0 Å². The summed E-state index contributed by atoms with van der Waals surface area (Å²) in [6.45, 7) is 2.84. The highest BCUT2D eigenvalue weighted by Crippen LogP contribution is 2.32. The second kappa shape index (κ2) is 15.4. The van der Waals surface area contributed by atoms with Gasteiger partial charge in [0, 0.05) is 30.8 Å². The molecule has 4 aromatic carbocycles. The van der Waals surface area contributed by atoms with Crippen LogP contribution in [0, 0.1) is 0 Å². The minimum Gasteiger partial charge on any atom is -0.493 e. The van der Waals surface area contributed by atoms with Crippen LogP contribution >= 0.6 is 0 Å². The number of fused-ring (bicyclic) bond motifs is 1. The van der Waals surface area contributed by atoms with Gasteiger partial charge >= 0.3 is 5.97 Å². The van der Waals surface area contributed by atoms with Crippen molar-refractivity contribution in [1.82, 2.24) is 9.80 Å². The van der Waals surface area contributed by atoms with Crippen LogP contribution in [-0.2, 0) is 24.2 Å². The summed E-state index contributed by atoms with van der Waals surface area (Å²) in [5, 5.41) is 19.7. The van der Waals surface area contributed by atoms with Gasteiger partial charge in [0.25, 0.3) is 11.8 Å². The second-order valence-electron chi connectivity index (χ2n) is 11.4. The van der Waals surface area contributed by atoms with E-state index in [-0.39, 0.29) is 44.0 Å². The summed E-state index contributed by atoms with van der Waals surface area (Å²) in [6.07, 6.45) is 0.800. The smallest absolute Gasteiger partial charge is 0.305 e. The van der Waals surface area contributed by atoms with E-state index in [1.165, 1.54) is 0 Å². The van der Waals surface area contributed by atoms with Crippen LogP contribution in [0.3, 0.4) is 0 Å². The third kappa shape index (κ3) is 7.64. The van der Waals surface area contributed by atoms with Crippen LogP contribution in [0.15, 0.2) is 91.0 Å². The third-order valence-corrected chi connectivity index (χ3v) is 8.51. The van der Waals surface area contributed by atoms with Crippen LogP contribution in [-0.4, -0.2) is 77.3 Å². The van der Waals surface area contributed by atoms with Crippen LogP contribution in [0.25, 0.3) is 11.1 Å². The monoisotopic (exact) mass is 636 g/mol. The number of amides is 2. The summed E-state index contributed by atoms with van der Waals surface area (Å²) in [5.41, 5.74) is 5.01. The predicted octanol–water partition coefficient (Wildman–Crippen LogP) is 5.48. The van der Waals surface area contributed by atoms with Crippen molar-refractivity contribution in [3.8, 4) is 22.6 Å². The topological polar surface area (TPSA) is 117 Å². The van der Waals surface area contributed by atoms with E-state index in [4.69, 9.17) is 9.47 Å². The summed E-state index contributed by atoms with van der Waals surface area (Å²) < 4.78 is 11.1. The molecule has 1 heterocycles. The van der Waals surface area contributed by atoms with Crippen molar-refractivity contribution in [1.29, 1.82) is 0 Å². The molecule has 0 bridgehead atoms. The number of aliphatic carboxylic acids is 1. The molecule has 2 N–H and O–H groups in total. The number of hydrogen-bond acceptors (Lipinski definition) is 6. The van der Waals surface area contributed by atoms with Crippen molar-refractivity contribution in [2.45, 2.75) is 38.8 Å². The third-order valence-electron chi connectivity index (χ3n) is 8.51. The van der Waals surface area contributed by atoms with Gasteiger partial charge in [0.05, 0.1) is 32.8 Å². The zero-order chi connectivity index (χ0) is 33.3. The van der Waals surface area contributed by atoms with E-state index in [9.17, 15) is 24.6 Å². The first-order valence-corrected chi connectivity index (χ1v) is 15.8. The van der Waals surface area contributed by atoms with E-state index >= 15 is 0 Å². The van der Waals surface area contributed by atoms with Gasteiger partial charge in [0.2, 0.25) is 0 Å². The van der Waals surface area contributed by atoms with Gasteiger partial charge < -0.3 is 29.5 Å². The summed E-state index contributed by atoms with van der Waals surface area (Å²) in [4.78, 5) is 43.2. The molecule has 0 aliphatic carbocycles. The van der Waals surface area contributed by atoms with E-state index in [1.54, 1.807) is 41.2 Å². The fraction of sp³-hybridized carbons (Fsp3) is 0.289. The molecule has 0 unspecified atom stereocenters. The number of rotatable bonds is 13. The molecule has 4 aromatic rings. The highest BCUT2D eigenvalue weighted by molar-refractivity contribution is 6.06. The van der Waals surface area contributed by atoms with E-state index < -0.39 is 5.97 Å². The first-order chi connectivity index (χ1) is 22.8. The molecular weight excluding hydrogens is 596 g/mol. The molecule has 47 heavy (non-hydrogen) atoms. The molecule has 0 saturated carbocycles. The average molecular weight is 637 g/mol. The predicted molar refractivity (Wildman–Crippen MR) is 179 cm³/mol. The van der Waals surface area contributed by atoms with Crippen molar-refractivity contribution in [3.63, 3.8) is 0 Å². The number of carboxylic acid groups (broad SMARTS) is 1. The Morgan fingerprint density at radius 2 is 1.51 bits per heavy atom. The van der Waals surface area contributed by atoms with Crippen LogP contribution in [0.2, 0.25) is 0 Å². The van der Waals surface area contributed by atoms with Gasteiger partial charge in [-0.15, -0.1) is 0 Å². The fourth-order valence-corrected chi connectivity index (χ4v) is 6.08. The van der Waals surface area contributed by atoms with Gasteiger partial charge in [-0.3, -0.25) is 14.4 Å². The molecular formula is C38H40N2O7. The lowest BCUT2D eigenvalue weighted by Gasteiger charge is -2.36. The Morgan fingerprint density at radius 3 is 2.19 bits per heavy atom. The van der Waals surface area contributed by atoms with Crippen LogP contribution in [0.4, 0.5) is 0 Å². The lowest BCUT2D eigenvalue weighted by atomic mass is 9.91. The molecule has 1 aliphatic heterocycles. The van der Waals surface area contributed by atoms with Gasteiger partial charge in [-0.2, -0.15) is 0 Å². The highest BCUT2D eigenvalue weighted by Gasteiger charge is 2.31. The number of aliphatic hydroxyl groups excluding tert-OH is 1. The Bertz CT molecular complexity index is 1740. The van der Waals surface area contributed by atoms with Crippen molar-refractivity contribution < 1.29 is 34.1 Å². The molecule has 0 aromatic heterocycles. The molecule has 9 heteroatoms. The molecule has 0 saturated heterocycles. The molecule has 5 rings (SSSR count). The normalized spacial score (nSPS) is 13.9. The first kappa shape index (κ1) is 33.2. The molecule has 244 valence electrons. The van der Waals surface area contributed by atoms with Crippen molar-refractivity contribution in [2.24, 2.45) is 0 Å². The number of hydrogen-bond donors (Lipinski definition) is 2. The van der Waals surface area contributed by atoms with Crippen LogP contribution in [0.5, 0.6) is 11.5 Å².